The van der Waals surface area contributed by atoms with Crippen molar-refractivity contribution in [2.24, 2.45) is 0 Å². The third-order valence-corrected chi connectivity index (χ3v) is 2.91. The van der Waals surface area contributed by atoms with E-state index in [0.29, 0.717) is 0 Å². The quantitative estimate of drug-likeness (QED) is 0.150. The molecule has 0 unspecified atom stereocenters. The molecule has 0 aromatic heterocycles. The minimum atomic E-state index is -1.14. The Hall–Kier alpha value is -1.68. The van der Waals surface area contributed by atoms with Crippen LogP contribution in [0.4, 0.5) is 0 Å². The number of carbonyl (C=O) groups is 4. The molecule has 0 radical (unpaired) electrons. The Labute approximate surface area is 167 Å². The number of carboxylic acids is 4. The Morgan fingerprint density at radius 1 is 0.556 bits per heavy atom. The predicted molar refractivity (Wildman–Crippen MR) is 92.2 cm³/mol. The van der Waals surface area contributed by atoms with Gasteiger partial charge in [-0.25, -0.2) is 0 Å². The second-order valence-electron chi connectivity index (χ2n) is 5.22. The van der Waals surface area contributed by atoms with Gasteiger partial charge < -0.3 is 29.9 Å². The van der Waals surface area contributed by atoms with Crippen molar-refractivity contribution in [1.29, 1.82) is 0 Å². The van der Waals surface area contributed by atoms with Gasteiger partial charge in [-0.1, -0.05) is 0 Å². The third-order valence-electron chi connectivity index (χ3n) is 2.91. The first-order valence-electron chi connectivity index (χ1n) is 7.68. The molecule has 0 bridgehead atoms. The van der Waals surface area contributed by atoms with E-state index in [1.807, 2.05) is 0 Å². The Kier molecular flexibility index (Phi) is 16.8. The van der Waals surface area contributed by atoms with Crippen molar-refractivity contribution >= 4 is 42.7 Å². The maximum absolute atomic E-state index is 10.6. The van der Waals surface area contributed by atoms with E-state index in [0.717, 1.165) is 0 Å². The number of carboxylic acid groups (broad SMARTS) is 4. The molecule has 12 nitrogen and oxygen atoms in total. The van der Waals surface area contributed by atoms with E-state index in [4.69, 9.17) is 29.9 Å². The van der Waals surface area contributed by atoms with Gasteiger partial charge in [0.2, 0.25) is 0 Å². The first-order chi connectivity index (χ1) is 12.2. The summed E-state index contributed by atoms with van der Waals surface area (Å²) in [5, 5.41) is 34.7. The van der Waals surface area contributed by atoms with Crippen molar-refractivity contribution in [2.45, 2.75) is 0 Å². The normalized spacial score (nSPS) is 10.6. The molecule has 0 saturated heterocycles. The molecule has 0 aliphatic rings. The fourth-order valence-electron chi connectivity index (χ4n) is 1.90. The summed E-state index contributed by atoms with van der Waals surface area (Å²) >= 11 is 0. The average Bonchev–Trinajstić information content (AvgIpc) is 2.47. The molecular formula is C14H25LiN2O10. The SMILES string of the molecule is O=C(O)CN(CCOCCOCCN(CC(=O)O)CC(=O)O)CC(=O)O.[LiH]. The van der Waals surface area contributed by atoms with Gasteiger partial charge in [0.25, 0.3) is 0 Å². The summed E-state index contributed by atoms with van der Waals surface area (Å²) in [7, 11) is 0. The van der Waals surface area contributed by atoms with Gasteiger partial charge in [-0.15, -0.1) is 0 Å². The van der Waals surface area contributed by atoms with Crippen molar-refractivity contribution in [3.8, 4) is 0 Å². The van der Waals surface area contributed by atoms with Crippen molar-refractivity contribution < 1.29 is 49.1 Å². The van der Waals surface area contributed by atoms with Gasteiger partial charge in [0.1, 0.15) is 0 Å². The first-order valence-corrected chi connectivity index (χ1v) is 7.68. The number of ether oxygens (including phenoxy) is 2. The molecule has 0 spiro atoms. The number of hydrogen-bond donors (Lipinski definition) is 4. The van der Waals surface area contributed by atoms with Gasteiger partial charge >= 0.3 is 42.7 Å². The molecule has 0 aromatic rings. The number of rotatable bonds is 17. The van der Waals surface area contributed by atoms with E-state index in [1.165, 1.54) is 9.80 Å². The molecule has 0 aliphatic heterocycles. The van der Waals surface area contributed by atoms with Crippen molar-refractivity contribution in [3.05, 3.63) is 0 Å². The van der Waals surface area contributed by atoms with E-state index in [9.17, 15) is 19.2 Å². The van der Waals surface area contributed by atoms with Gasteiger partial charge in [-0.2, -0.15) is 0 Å². The molecule has 152 valence electrons. The summed E-state index contributed by atoms with van der Waals surface area (Å²) in [5.41, 5.74) is 0. The average molecular weight is 388 g/mol. The maximum atomic E-state index is 10.6. The second kappa shape index (κ2) is 16.5. The van der Waals surface area contributed by atoms with Crippen molar-refractivity contribution in [3.63, 3.8) is 0 Å². The van der Waals surface area contributed by atoms with Crippen LogP contribution in [0.2, 0.25) is 0 Å². The Morgan fingerprint density at radius 3 is 1.04 bits per heavy atom. The van der Waals surface area contributed by atoms with E-state index < -0.39 is 50.1 Å². The summed E-state index contributed by atoms with van der Waals surface area (Å²) in [4.78, 5) is 44.9. The van der Waals surface area contributed by atoms with Gasteiger partial charge in [0, 0.05) is 13.1 Å². The fourth-order valence-corrected chi connectivity index (χ4v) is 1.90. The van der Waals surface area contributed by atoms with Gasteiger partial charge in [-0.05, 0) is 0 Å². The number of hydrogen-bond acceptors (Lipinski definition) is 8. The van der Waals surface area contributed by atoms with Crippen LogP contribution >= 0.6 is 0 Å². The Balaban J connectivity index is 0. The summed E-state index contributed by atoms with van der Waals surface area (Å²) in [5.74, 6) is -4.55. The minimum absolute atomic E-state index is 0. The molecule has 0 heterocycles. The second-order valence-corrected chi connectivity index (χ2v) is 5.22. The molecule has 0 aromatic carbocycles. The van der Waals surface area contributed by atoms with Crippen molar-refractivity contribution in [1.82, 2.24) is 9.80 Å². The number of aliphatic carboxylic acids is 4. The van der Waals surface area contributed by atoms with Gasteiger partial charge in [0.15, 0.2) is 0 Å². The standard InChI is InChI=1S/C14H24N2O10.Li.H/c17-11(18)7-15(8-12(19)20)1-3-25-5-6-26-4-2-16(9-13(21)22)10-14(23)24;;/h1-10H2,(H,17,18)(H,19,20)(H,21,22)(H,23,24);;. The summed E-state index contributed by atoms with van der Waals surface area (Å²) < 4.78 is 10.4. The van der Waals surface area contributed by atoms with Crippen LogP contribution in [0.25, 0.3) is 0 Å². The molecule has 0 aliphatic carbocycles. The van der Waals surface area contributed by atoms with E-state index in [2.05, 4.69) is 0 Å². The predicted octanol–water partition coefficient (Wildman–Crippen LogP) is -2.69. The van der Waals surface area contributed by atoms with Crippen LogP contribution < -0.4 is 0 Å². The van der Waals surface area contributed by atoms with Gasteiger partial charge in [0.05, 0.1) is 52.6 Å². The zero-order valence-corrected chi connectivity index (χ0v) is 14.2. The zero-order valence-electron chi connectivity index (χ0n) is 14.2. The summed E-state index contributed by atoms with van der Waals surface area (Å²) in [6.07, 6.45) is 0. The molecule has 0 amide bonds. The molecule has 0 atom stereocenters. The van der Waals surface area contributed by atoms with E-state index in [1.54, 1.807) is 0 Å². The van der Waals surface area contributed by atoms with Crippen LogP contribution in [-0.2, 0) is 28.7 Å². The van der Waals surface area contributed by atoms with E-state index in [-0.39, 0.29) is 58.4 Å². The third kappa shape index (κ3) is 18.9. The molecular weight excluding hydrogens is 363 g/mol. The molecule has 0 saturated carbocycles. The molecule has 0 rings (SSSR count). The topological polar surface area (TPSA) is 174 Å². The van der Waals surface area contributed by atoms with E-state index >= 15 is 0 Å². The molecule has 4 N–H and O–H groups in total. The van der Waals surface area contributed by atoms with Crippen LogP contribution in [0.3, 0.4) is 0 Å². The summed E-state index contributed by atoms with van der Waals surface area (Å²) in [6, 6.07) is 0. The van der Waals surface area contributed by atoms with Crippen molar-refractivity contribution in [2.75, 3.05) is 65.7 Å². The van der Waals surface area contributed by atoms with Crippen LogP contribution in [0.1, 0.15) is 0 Å². The van der Waals surface area contributed by atoms with Gasteiger partial charge in [-0.3, -0.25) is 29.0 Å². The van der Waals surface area contributed by atoms with Crippen LogP contribution in [0, 0.1) is 0 Å². The van der Waals surface area contributed by atoms with Crippen LogP contribution in [-0.4, -0.2) is 139 Å². The molecule has 0 fully saturated rings. The summed E-state index contributed by atoms with van der Waals surface area (Å²) in [6.45, 7) is -0.790. The first kappa shape index (κ1) is 27.5. The van der Waals surface area contributed by atoms with Crippen LogP contribution in [0.5, 0.6) is 0 Å². The molecule has 27 heavy (non-hydrogen) atoms. The zero-order chi connectivity index (χ0) is 19.9. The molecule has 13 heteroatoms. The Morgan fingerprint density at radius 2 is 0.815 bits per heavy atom. The van der Waals surface area contributed by atoms with Crippen LogP contribution in [0.15, 0.2) is 0 Å². The Bertz CT molecular complexity index is 403. The number of nitrogens with zero attached hydrogens (tertiary/aromatic N) is 2. The monoisotopic (exact) mass is 388 g/mol. The fraction of sp³-hybridized carbons (Fsp3) is 0.714.